The van der Waals surface area contributed by atoms with Crippen LogP contribution in [0.3, 0.4) is 0 Å². The van der Waals surface area contributed by atoms with E-state index in [1.807, 2.05) is 84.1 Å². The Labute approximate surface area is 437 Å². The summed E-state index contributed by atoms with van der Waals surface area (Å²) in [6.07, 6.45) is -2.53. The Morgan fingerprint density at radius 1 is 0.919 bits per heavy atom. The summed E-state index contributed by atoms with van der Waals surface area (Å²) in [6.45, 7) is 19.8. The lowest BCUT2D eigenvalue weighted by atomic mass is 9.68. The van der Waals surface area contributed by atoms with Gasteiger partial charge in [0.1, 0.15) is 41.5 Å². The maximum absolute atomic E-state index is 14.6. The van der Waals surface area contributed by atoms with Crippen molar-refractivity contribution in [2.45, 2.75) is 205 Å². The van der Waals surface area contributed by atoms with Crippen LogP contribution in [-0.4, -0.2) is 201 Å². The van der Waals surface area contributed by atoms with E-state index in [4.69, 9.17) is 28.4 Å². The quantitative estimate of drug-likeness (QED) is 0.0890. The number of cyclic esters (lactones) is 1. The Hall–Kier alpha value is -3.71. The van der Waals surface area contributed by atoms with Gasteiger partial charge in [-0.15, -0.1) is 10.2 Å². The van der Waals surface area contributed by atoms with Gasteiger partial charge >= 0.3 is 5.97 Å². The Balaban J connectivity index is 1.18. The SMILES string of the molecule is CC[C@H]1OC(=O)[C@H](C)[C@@H](C2C[C@@](C)(OC)[C@@H](O)[C@H](C)O2)[C@H](C)[C@@H](O[C@@H]2O[C@H](C)C[C@H](N(C)CCc3cn(CCCOc4ccc(-n5cc(CO)nn5)cc4)nn3)[C@H]2O)[C@](C)(O)C[C@@H](C)CN(C)[C@H](C)[C@@H](O)[C@]1(C)O. The van der Waals surface area contributed by atoms with E-state index in [0.717, 1.165) is 11.4 Å². The van der Waals surface area contributed by atoms with E-state index in [0.29, 0.717) is 56.9 Å². The second-order valence-corrected chi connectivity index (χ2v) is 22.5. The van der Waals surface area contributed by atoms with E-state index >= 15 is 0 Å². The smallest absolute Gasteiger partial charge is 0.309 e. The van der Waals surface area contributed by atoms with Crippen molar-refractivity contribution in [3.63, 3.8) is 0 Å². The van der Waals surface area contributed by atoms with Gasteiger partial charge in [0.2, 0.25) is 0 Å². The van der Waals surface area contributed by atoms with Gasteiger partial charge in [-0.3, -0.25) is 9.48 Å². The summed E-state index contributed by atoms with van der Waals surface area (Å²) in [5.41, 5.74) is -2.39. The summed E-state index contributed by atoms with van der Waals surface area (Å²) in [5, 5.41) is 86.1. The molecule has 2 aromatic heterocycles. The van der Waals surface area contributed by atoms with Gasteiger partial charge in [0.05, 0.1) is 72.3 Å². The molecule has 3 aromatic rings. The summed E-state index contributed by atoms with van der Waals surface area (Å²) in [6, 6.07) is 6.49. The van der Waals surface area contributed by atoms with E-state index in [-0.39, 0.29) is 37.9 Å². The molecular formula is C53H88N8O13. The molecule has 0 radical (unpaired) electrons. The van der Waals surface area contributed by atoms with Crippen molar-refractivity contribution in [3.8, 4) is 11.4 Å². The molecule has 5 heterocycles. The van der Waals surface area contributed by atoms with E-state index in [1.54, 1.807) is 43.3 Å². The van der Waals surface area contributed by atoms with Crippen molar-refractivity contribution in [3.05, 3.63) is 48.0 Å². The molecule has 0 aliphatic carbocycles. The maximum atomic E-state index is 14.6. The molecule has 18 atom stereocenters. The van der Waals surface area contributed by atoms with Crippen LogP contribution in [0.4, 0.5) is 0 Å². The molecule has 21 nitrogen and oxygen atoms in total. The summed E-state index contributed by atoms with van der Waals surface area (Å²) in [7, 11) is 5.33. The molecule has 21 heteroatoms. The van der Waals surface area contributed by atoms with Crippen molar-refractivity contribution >= 4 is 5.97 Å². The van der Waals surface area contributed by atoms with E-state index in [9.17, 15) is 35.4 Å². The predicted octanol–water partition coefficient (Wildman–Crippen LogP) is 2.92. The first-order chi connectivity index (χ1) is 34.8. The zero-order valence-electron chi connectivity index (χ0n) is 46.0. The number of ether oxygens (including phenoxy) is 6. The van der Waals surface area contributed by atoms with Gasteiger partial charge in [-0.05, 0) is 111 Å². The lowest BCUT2D eigenvalue weighted by Crippen LogP contribution is -2.62. The molecule has 6 rings (SSSR count). The molecule has 3 aliphatic rings. The molecule has 1 aromatic carbocycles. The summed E-state index contributed by atoms with van der Waals surface area (Å²) < 4.78 is 41.6. The Morgan fingerprint density at radius 2 is 1.61 bits per heavy atom. The third-order valence-corrected chi connectivity index (χ3v) is 16.4. The van der Waals surface area contributed by atoms with Crippen molar-refractivity contribution in [1.82, 2.24) is 39.8 Å². The number of carbonyl (C=O) groups excluding carboxylic acids is 1. The number of aliphatic hydroxyl groups is 6. The lowest BCUT2D eigenvalue weighted by molar-refractivity contribution is -0.302. The molecule has 0 bridgehead atoms. The molecule has 3 aliphatic heterocycles. The summed E-state index contributed by atoms with van der Waals surface area (Å²) >= 11 is 0. The zero-order chi connectivity index (χ0) is 54.4. The number of aryl methyl sites for hydroxylation is 1. The molecule has 1 unspecified atom stereocenters. The van der Waals surface area contributed by atoms with Crippen LogP contribution in [0, 0.1) is 23.7 Å². The lowest BCUT2D eigenvalue weighted by Gasteiger charge is -2.51. The number of likely N-dealkylation sites (N-methyl/N-ethyl adjacent to an activating group) is 2. The first kappa shape index (κ1) is 59.5. The number of nitrogens with zero attached hydrogens (tertiary/aromatic N) is 8. The molecule has 6 N–H and O–H groups in total. The van der Waals surface area contributed by atoms with Gasteiger partial charge in [-0.1, -0.05) is 38.1 Å². The molecule has 418 valence electrons. The number of aromatic nitrogens is 6. The summed E-state index contributed by atoms with van der Waals surface area (Å²) in [4.78, 5) is 18.6. The average Bonchev–Trinajstić information content (AvgIpc) is 4.04. The fraction of sp³-hybridized carbons (Fsp3) is 0.792. The highest BCUT2D eigenvalue weighted by molar-refractivity contribution is 5.73. The second kappa shape index (κ2) is 25.2. The van der Waals surface area contributed by atoms with E-state index < -0.39 is 102 Å². The third-order valence-electron chi connectivity index (χ3n) is 16.4. The Kier molecular flexibility index (Phi) is 20.3. The van der Waals surface area contributed by atoms with Crippen LogP contribution >= 0.6 is 0 Å². The largest absolute Gasteiger partial charge is 0.494 e. The number of rotatable bonds is 16. The fourth-order valence-electron chi connectivity index (χ4n) is 11.8. The number of methoxy groups -OCH3 is 1. The minimum Gasteiger partial charge on any atom is -0.494 e. The molecule has 0 spiro atoms. The number of aliphatic hydroxyl groups excluding tert-OH is 4. The van der Waals surface area contributed by atoms with Gasteiger partial charge in [0, 0.05) is 70.2 Å². The molecule has 74 heavy (non-hydrogen) atoms. The predicted molar refractivity (Wildman–Crippen MR) is 273 cm³/mol. The van der Waals surface area contributed by atoms with Crippen molar-refractivity contribution in [1.29, 1.82) is 0 Å². The van der Waals surface area contributed by atoms with Gasteiger partial charge in [-0.2, -0.15) is 0 Å². The zero-order valence-corrected chi connectivity index (χ0v) is 46.0. The normalized spacial score (nSPS) is 38.3. The van der Waals surface area contributed by atoms with E-state index in [2.05, 4.69) is 25.5 Å². The number of hydrogen-bond acceptors (Lipinski definition) is 19. The first-order valence-electron chi connectivity index (χ1n) is 26.6. The number of benzene rings is 1. The third kappa shape index (κ3) is 13.9. The Bertz CT molecular complexity index is 2210. The second-order valence-electron chi connectivity index (χ2n) is 22.5. The van der Waals surface area contributed by atoms with Crippen LogP contribution in [0.15, 0.2) is 36.7 Å². The molecule has 0 saturated carbocycles. The number of hydrogen-bond donors (Lipinski definition) is 6. The minimum atomic E-state index is -1.82. The van der Waals surface area contributed by atoms with Gasteiger partial charge < -0.3 is 68.9 Å². The van der Waals surface area contributed by atoms with Crippen molar-refractivity contribution < 1.29 is 63.9 Å². The number of carbonyl (C=O) groups is 1. The van der Waals surface area contributed by atoms with E-state index in [1.165, 1.54) is 14.0 Å². The van der Waals surface area contributed by atoms with Crippen LogP contribution in [0.2, 0.25) is 0 Å². The fourth-order valence-corrected chi connectivity index (χ4v) is 11.8. The standard InChI is InChI=1S/C53H88N8O13/c1-14-43-53(10,68)46(64)35(6)59(12)27-31(2)25-51(8,67)48(33(4)44(34(5)49(66)73-43)42-26-52(9,69-13)47(65)36(7)72-42)74-50-45(63)41(24-32(3)71-50)58(11)22-20-37-28-60(56-54-37)21-15-23-70-40-18-16-39(17-19-40)61-29-38(30-62)55-57-61/h16-19,28-29,31-36,41-48,50,62-65,67-68H,14-15,20-27,30H2,1-13H3/t31-,32-,33+,34-,35-,36+,41+,42?,43-,44+,45-,46-,47+,48-,50+,51-,52-,53-/m1/s1. The van der Waals surface area contributed by atoms with Crippen molar-refractivity contribution in [2.24, 2.45) is 23.7 Å². The van der Waals surface area contributed by atoms with Crippen molar-refractivity contribution in [2.75, 3.05) is 40.9 Å². The van der Waals surface area contributed by atoms with Gasteiger partial charge in [0.25, 0.3) is 0 Å². The highest BCUT2D eigenvalue weighted by atomic mass is 16.7. The van der Waals surface area contributed by atoms with Crippen LogP contribution < -0.4 is 4.74 Å². The van der Waals surface area contributed by atoms with Crippen LogP contribution in [0.25, 0.3) is 5.69 Å². The van der Waals surface area contributed by atoms with Crippen LogP contribution in [-0.2, 0) is 48.1 Å². The molecule has 3 fully saturated rings. The molecule has 0 amide bonds. The monoisotopic (exact) mass is 1040 g/mol. The molecular weight excluding hydrogens is 957 g/mol. The van der Waals surface area contributed by atoms with Gasteiger partial charge in [0.15, 0.2) is 6.29 Å². The average molecular weight is 1050 g/mol. The molecule has 3 saturated heterocycles. The highest BCUT2D eigenvalue weighted by Crippen LogP contribution is 2.45. The van der Waals surface area contributed by atoms with Gasteiger partial charge in [-0.25, -0.2) is 4.68 Å². The summed E-state index contributed by atoms with van der Waals surface area (Å²) in [5.74, 6) is -2.44. The highest BCUT2D eigenvalue weighted by Gasteiger charge is 2.55. The maximum Gasteiger partial charge on any atom is 0.309 e. The number of esters is 1. The van der Waals surface area contributed by atoms with Crippen LogP contribution in [0.5, 0.6) is 5.75 Å². The first-order valence-corrected chi connectivity index (χ1v) is 26.6. The minimum absolute atomic E-state index is 0.174. The Morgan fingerprint density at radius 3 is 2.26 bits per heavy atom. The van der Waals surface area contributed by atoms with Crippen LogP contribution in [0.1, 0.15) is 113 Å². The topological polar surface area (TPSA) is 262 Å².